The zero-order valence-electron chi connectivity index (χ0n) is 58.5. The number of amides is 11. The van der Waals surface area contributed by atoms with E-state index in [-0.39, 0.29) is 152 Å². The van der Waals surface area contributed by atoms with E-state index in [9.17, 15) is 63.6 Å². The highest BCUT2D eigenvalue weighted by Gasteiger charge is 2.55. The average Bonchev–Trinajstić information content (AvgIpc) is 1.59. The third-order valence-corrected chi connectivity index (χ3v) is 18.8. The van der Waals surface area contributed by atoms with Gasteiger partial charge >= 0.3 is 5.97 Å². The molecule has 3 aliphatic rings. The van der Waals surface area contributed by atoms with Crippen molar-refractivity contribution in [1.29, 1.82) is 0 Å². The predicted molar refractivity (Wildman–Crippen MR) is 385 cm³/mol. The summed E-state index contributed by atoms with van der Waals surface area (Å²) in [6, 6.07) is 20.9. The Morgan fingerprint density at radius 1 is 0.589 bits per heavy atom. The van der Waals surface area contributed by atoms with Gasteiger partial charge in [0.2, 0.25) is 53.2 Å². The molecule has 1 fully saturated rings. The first-order chi connectivity index (χ1) is 51.1. The van der Waals surface area contributed by atoms with Gasteiger partial charge in [-0.15, -0.1) is 0 Å². The molecule has 0 aliphatic carbocycles. The fraction of sp³-hybridized carbons (Fsp3) is 0.347. The maximum Gasteiger partial charge on any atom is 0.340 e. The summed E-state index contributed by atoms with van der Waals surface area (Å²) in [4.78, 5) is 180. The summed E-state index contributed by atoms with van der Waals surface area (Å²) in [5.74, 6) is -12.6. The third kappa shape index (κ3) is 19.2. The first kappa shape index (κ1) is 78.5. The second-order valence-corrected chi connectivity index (χ2v) is 26.3. The molecule has 20 N–H and O–H groups in total. The average molecular weight is 1470 g/mol. The molecule has 1 spiro atoms. The molecule has 0 unspecified atom stereocenters. The van der Waals surface area contributed by atoms with Gasteiger partial charge in [-0.1, -0.05) is 54.6 Å². The lowest BCUT2D eigenvalue weighted by Gasteiger charge is -2.37. The number of esters is 1. The lowest BCUT2D eigenvalue weighted by molar-refractivity contribution is -0.147. The number of phenolic OH excluding ortho intramolecular Hbond substituents is 4. The number of aryl methyl sites for hydroxylation is 1. The van der Waals surface area contributed by atoms with Gasteiger partial charge in [-0.05, 0) is 148 Å². The number of carbonyl (C=O) groups is 12. The summed E-state index contributed by atoms with van der Waals surface area (Å²) in [6.07, 6.45) is -2.21. The number of nitrogens with two attached hydrogens (primary N) is 6. The lowest BCUT2D eigenvalue weighted by Crippen LogP contribution is -2.61. The molecular formula is C75H86N14O18. The summed E-state index contributed by atoms with van der Waals surface area (Å²) in [5, 5.41) is 51.3. The number of guanidine groups is 1. The molecule has 0 saturated carbocycles. The van der Waals surface area contributed by atoms with Gasteiger partial charge < -0.3 is 95.4 Å². The maximum absolute atomic E-state index is 15.6. The van der Waals surface area contributed by atoms with Crippen molar-refractivity contribution in [3.8, 4) is 34.5 Å². The number of nitrogens with one attached hydrogen (secondary N) is 4. The van der Waals surface area contributed by atoms with Gasteiger partial charge in [0.15, 0.2) is 11.6 Å². The summed E-state index contributed by atoms with van der Waals surface area (Å²) < 4.78 is 12.3. The van der Waals surface area contributed by atoms with Crippen LogP contribution in [-0.4, -0.2) is 181 Å². The Morgan fingerprint density at radius 3 is 1.78 bits per heavy atom. The molecule has 6 aromatic rings. The number of phenols is 4. The number of hydrogen-bond donors (Lipinski definition) is 14. The number of ether oxygens (including phenoxy) is 2. The number of benzene rings is 6. The van der Waals surface area contributed by atoms with Crippen molar-refractivity contribution in [1.82, 2.24) is 36.0 Å². The normalized spacial score (nSPS) is 15.3. The monoisotopic (exact) mass is 1470 g/mol. The molecule has 7 atom stereocenters. The molecule has 11 amide bonds. The molecule has 6 aromatic carbocycles. The molecule has 32 nitrogen and oxygen atoms in total. The topological polar surface area (TPSA) is 531 Å². The molecule has 0 aromatic heterocycles. The highest BCUT2D eigenvalue weighted by molar-refractivity contribution is 6.11. The van der Waals surface area contributed by atoms with E-state index < -0.39 is 138 Å². The van der Waals surface area contributed by atoms with E-state index in [1.165, 1.54) is 90.8 Å². The highest BCUT2D eigenvalue weighted by Crippen LogP contribution is 2.57. The highest BCUT2D eigenvalue weighted by atomic mass is 16.6. The van der Waals surface area contributed by atoms with Crippen molar-refractivity contribution >= 4 is 76.9 Å². The Bertz CT molecular complexity index is 4330. The van der Waals surface area contributed by atoms with E-state index in [0.717, 1.165) is 10.5 Å². The van der Waals surface area contributed by atoms with Crippen molar-refractivity contribution in [2.24, 2.45) is 39.4 Å². The van der Waals surface area contributed by atoms with E-state index in [1.54, 1.807) is 54.6 Å². The van der Waals surface area contributed by atoms with E-state index in [4.69, 9.17) is 43.9 Å². The first-order valence-electron chi connectivity index (χ1n) is 34.7. The smallest absolute Gasteiger partial charge is 0.340 e. The van der Waals surface area contributed by atoms with E-state index in [2.05, 4.69) is 26.3 Å². The Morgan fingerprint density at radius 2 is 1.17 bits per heavy atom. The Hall–Kier alpha value is -12.6. The van der Waals surface area contributed by atoms with Crippen molar-refractivity contribution in [3.05, 3.63) is 178 Å². The quantitative estimate of drug-likeness (QED) is 0.00884. The fourth-order valence-corrected chi connectivity index (χ4v) is 13.3. The zero-order chi connectivity index (χ0) is 77.4. The van der Waals surface area contributed by atoms with Crippen LogP contribution in [0.25, 0.3) is 0 Å². The second kappa shape index (κ2) is 35.2. The Kier molecular flexibility index (Phi) is 25.9. The van der Waals surface area contributed by atoms with Crippen LogP contribution in [0.5, 0.6) is 34.5 Å². The van der Waals surface area contributed by atoms with Gasteiger partial charge in [0.25, 0.3) is 11.8 Å². The molecule has 107 heavy (non-hydrogen) atoms. The molecule has 1 saturated heterocycles. The zero-order valence-corrected chi connectivity index (χ0v) is 58.5. The van der Waals surface area contributed by atoms with Gasteiger partial charge in [0, 0.05) is 80.2 Å². The van der Waals surface area contributed by atoms with Gasteiger partial charge in [-0.2, -0.15) is 0 Å². The van der Waals surface area contributed by atoms with Crippen LogP contribution in [0.15, 0.2) is 138 Å². The number of rotatable bonds is 34. The first-order valence-corrected chi connectivity index (χ1v) is 34.7. The maximum atomic E-state index is 15.6. The molecule has 0 radical (unpaired) electrons. The molecule has 3 aliphatic heterocycles. The van der Waals surface area contributed by atoms with Crippen molar-refractivity contribution in [2.75, 3.05) is 26.7 Å². The molecule has 564 valence electrons. The van der Waals surface area contributed by atoms with Crippen LogP contribution in [0.4, 0.5) is 0 Å². The second-order valence-electron chi connectivity index (χ2n) is 26.3. The molecule has 0 bridgehead atoms. The molecule has 3 heterocycles. The minimum Gasteiger partial charge on any atom is -0.508 e. The van der Waals surface area contributed by atoms with Crippen LogP contribution in [0.2, 0.25) is 0 Å². The van der Waals surface area contributed by atoms with Crippen molar-refractivity contribution < 1.29 is 87.4 Å². The minimum absolute atomic E-state index is 0.0208. The van der Waals surface area contributed by atoms with Crippen LogP contribution in [0.1, 0.15) is 125 Å². The number of aromatic hydroxyl groups is 4. The third-order valence-electron chi connectivity index (χ3n) is 18.8. The standard InChI is InChI=1S/C75H86N14O18/c1-87(64(96)31-18-41-14-20-45(90)21-15-41)59(36-43-16-22-46(91)23-17-43)69(101)86-55(35-42-9-3-2-4-10-42)67(99)83-53(29-30-62(77)94)66(98)85-56(40-63(78)95)68(100)84-54(11-7-33-82-74(80)81)71(103)88-34-8-13-58(88)72(104)89(57(65(79)97)12-5-6-32-76)70(102)44-19-26-49-52(37-44)75(107-73(49)105)50-27-24-47(92)38-60(50)106-61-39-48(93)25-28-51(61)75/h2-4,9-10,14-17,19-28,37-39,53-59,90-93H,5-8,11-13,18,29-36,40,76H2,1H3,(H2,77,94)(H2,78,95)(H2,79,97)(H,83,99)(H,84,100)(H,85,98)(H,86,101)(H4,80,81,82)/t53-,54-,55-,56-,57-,58-,59+/m0/s1. The summed E-state index contributed by atoms with van der Waals surface area (Å²) in [6.45, 7) is -0.149. The van der Waals surface area contributed by atoms with Gasteiger partial charge in [0.1, 0.15) is 76.8 Å². The van der Waals surface area contributed by atoms with Crippen LogP contribution in [-0.2, 0) is 77.5 Å². The van der Waals surface area contributed by atoms with Crippen molar-refractivity contribution in [3.63, 3.8) is 0 Å². The number of likely N-dealkylation sites (tertiary alicyclic amines) is 1. The number of likely N-dealkylation sites (N-methyl/N-ethyl adjacent to an activating group) is 1. The molecular weight excluding hydrogens is 1380 g/mol. The largest absolute Gasteiger partial charge is 0.508 e. The number of fused-ring (bicyclic) bond motifs is 6. The number of aliphatic imine (C=N–C) groups is 1. The summed E-state index contributed by atoms with van der Waals surface area (Å²) in [5.41, 5.74) is 34.5. The van der Waals surface area contributed by atoms with E-state index in [1.807, 2.05) is 0 Å². The number of nitrogens with zero attached hydrogens (tertiary/aromatic N) is 4. The van der Waals surface area contributed by atoms with Gasteiger partial charge in [-0.3, -0.25) is 62.6 Å². The number of imide groups is 1. The van der Waals surface area contributed by atoms with E-state index >= 15 is 14.4 Å². The van der Waals surface area contributed by atoms with Crippen LogP contribution < -0.4 is 60.4 Å². The lowest BCUT2D eigenvalue weighted by atomic mass is 9.77. The Balaban J connectivity index is 0.988. The Labute approximate surface area is 614 Å². The van der Waals surface area contributed by atoms with Crippen LogP contribution in [0.3, 0.4) is 0 Å². The molecule has 9 rings (SSSR count). The number of carbonyl (C=O) groups excluding carboxylic acids is 12. The number of unbranched alkanes of at least 4 members (excludes halogenated alkanes) is 1. The fourth-order valence-electron chi connectivity index (χ4n) is 13.3. The van der Waals surface area contributed by atoms with E-state index in [0.29, 0.717) is 22.4 Å². The summed E-state index contributed by atoms with van der Waals surface area (Å²) in [7, 11) is 1.41. The minimum atomic E-state index is -1.95. The number of hydrogen-bond acceptors (Lipinski definition) is 20. The van der Waals surface area contributed by atoms with Gasteiger partial charge in [0.05, 0.1) is 12.0 Å². The van der Waals surface area contributed by atoms with Crippen LogP contribution >= 0.6 is 0 Å². The SMILES string of the molecule is CN(C(=O)CCc1ccc(O)cc1)[C@H](Cc1ccc(O)cc1)C(=O)N[C@@H](Cc1ccccc1)C(=O)N[C@@H](CCC(N)=O)C(=O)N[C@@H](CC(N)=O)C(=O)N[C@@H](CCCN=C(N)N)C(=O)N1CCC[C@H]1C(=O)N(C(=O)c1ccc2c(c1)C1(OC2=O)c2ccc(O)cc2Oc2cc(O)ccc21)[C@@H](CCCCN)C(N)=O. The van der Waals surface area contributed by atoms with Crippen LogP contribution in [0, 0.1) is 0 Å². The number of primary amides is 3. The molecule has 32 heteroatoms. The predicted octanol–water partition coefficient (Wildman–Crippen LogP) is 1.10. The summed E-state index contributed by atoms with van der Waals surface area (Å²) >= 11 is 0. The van der Waals surface area contributed by atoms with Gasteiger partial charge in [-0.25, -0.2) is 4.79 Å². The van der Waals surface area contributed by atoms with Crippen molar-refractivity contribution in [2.45, 2.75) is 138 Å².